The number of morpholine rings is 1. The van der Waals surface area contributed by atoms with Crippen molar-refractivity contribution in [2.24, 2.45) is 0 Å². The highest BCUT2D eigenvalue weighted by atomic mass is 16.5. The van der Waals surface area contributed by atoms with E-state index in [0.717, 1.165) is 31.1 Å². The molecule has 2 aliphatic heterocycles. The molecule has 0 N–H and O–H groups in total. The maximum absolute atomic E-state index is 12.7. The Morgan fingerprint density at radius 3 is 2.74 bits per heavy atom. The Morgan fingerprint density at radius 1 is 1.19 bits per heavy atom. The number of ether oxygens (including phenoxy) is 2. The standard InChI is InChI=1S/C20H26N4O3/c1-16(15-27-18-5-3-2-4-6-18)23-7-8-24-17(14-23)13-19(21-24)20(25)22-9-11-26-12-10-22/h2-6,13,16H,7-12,14-15H2,1H3/t16-/m0/s1. The van der Waals surface area contributed by atoms with Gasteiger partial charge in [0.2, 0.25) is 0 Å². The topological polar surface area (TPSA) is 59.8 Å². The lowest BCUT2D eigenvalue weighted by Crippen LogP contribution is -2.42. The van der Waals surface area contributed by atoms with Crippen molar-refractivity contribution in [2.75, 3.05) is 39.5 Å². The van der Waals surface area contributed by atoms with Crippen LogP contribution in [0.3, 0.4) is 0 Å². The van der Waals surface area contributed by atoms with Crippen molar-refractivity contribution >= 4 is 5.91 Å². The van der Waals surface area contributed by atoms with E-state index in [-0.39, 0.29) is 11.9 Å². The number of carbonyl (C=O) groups excluding carboxylic acids is 1. The Labute approximate surface area is 159 Å². The van der Waals surface area contributed by atoms with Crippen molar-refractivity contribution in [3.63, 3.8) is 0 Å². The highest BCUT2D eigenvalue weighted by molar-refractivity contribution is 5.92. The predicted molar refractivity (Wildman–Crippen MR) is 101 cm³/mol. The van der Waals surface area contributed by atoms with Gasteiger partial charge in [-0.3, -0.25) is 14.4 Å². The molecule has 0 unspecified atom stereocenters. The number of fused-ring (bicyclic) bond motifs is 1. The summed E-state index contributed by atoms with van der Waals surface area (Å²) in [7, 11) is 0. The van der Waals surface area contributed by atoms with E-state index in [1.807, 2.05) is 46.0 Å². The van der Waals surface area contributed by atoms with E-state index in [4.69, 9.17) is 9.47 Å². The Hall–Kier alpha value is -2.38. The molecule has 7 nitrogen and oxygen atoms in total. The Bertz CT molecular complexity index is 771. The molecule has 1 fully saturated rings. The molecule has 2 aromatic rings. The van der Waals surface area contributed by atoms with Crippen LogP contribution in [-0.4, -0.2) is 71.0 Å². The molecule has 0 radical (unpaired) electrons. The zero-order valence-corrected chi connectivity index (χ0v) is 15.7. The number of nitrogens with zero attached hydrogens (tertiary/aromatic N) is 4. The van der Waals surface area contributed by atoms with Gasteiger partial charge in [-0.25, -0.2) is 0 Å². The predicted octanol–water partition coefficient (Wildman–Crippen LogP) is 1.64. The van der Waals surface area contributed by atoms with Crippen LogP contribution in [0, 0.1) is 0 Å². The summed E-state index contributed by atoms with van der Waals surface area (Å²) in [6, 6.07) is 12.1. The number of amides is 1. The smallest absolute Gasteiger partial charge is 0.274 e. The average molecular weight is 370 g/mol. The van der Waals surface area contributed by atoms with E-state index in [1.54, 1.807) is 0 Å². The molecule has 1 atom stereocenters. The molecule has 0 spiro atoms. The summed E-state index contributed by atoms with van der Waals surface area (Å²) in [5.74, 6) is 0.900. The van der Waals surface area contributed by atoms with E-state index in [9.17, 15) is 4.79 Å². The largest absolute Gasteiger partial charge is 0.492 e. The molecular formula is C20H26N4O3. The minimum Gasteiger partial charge on any atom is -0.492 e. The molecule has 2 aliphatic rings. The van der Waals surface area contributed by atoms with Gasteiger partial charge in [-0.1, -0.05) is 18.2 Å². The molecular weight excluding hydrogens is 344 g/mol. The zero-order valence-electron chi connectivity index (χ0n) is 15.7. The van der Waals surface area contributed by atoms with E-state index < -0.39 is 0 Å². The molecule has 1 aromatic heterocycles. The summed E-state index contributed by atoms with van der Waals surface area (Å²) in [6.07, 6.45) is 0. The van der Waals surface area contributed by atoms with Crippen LogP contribution in [0.1, 0.15) is 23.1 Å². The molecule has 27 heavy (non-hydrogen) atoms. The normalized spacial score (nSPS) is 18.8. The molecule has 0 saturated carbocycles. The molecule has 1 saturated heterocycles. The highest BCUT2D eigenvalue weighted by Crippen LogP contribution is 2.18. The number of benzene rings is 1. The quantitative estimate of drug-likeness (QED) is 0.801. The summed E-state index contributed by atoms with van der Waals surface area (Å²) >= 11 is 0. The number of hydrogen-bond acceptors (Lipinski definition) is 5. The molecule has 4 rings (SSSR count). The zero-order chi connectivity index (χ0) is 18.6. The van der Waals surface area contributed by atoms with Gasteiger partial charge in [-0.05, 0) is 25.1 Å². The SMILES string of the molecule is C[C@@H](COc1ccccc1)N1CCn2nc(C(=O)N3CCOCC3)cc2C1. The van der Waals surface area contributed by atoms with Crippen LogP contribution in [0.4, 0.5) is 0 Å². The van der Waals surface area contributed by atoms with Gasteiger partial charge >= 0.3 is 0 Å². The third-order valence-corrected chi connectivity index (χ3v) is 5.20. The van der Waals surface area contributed by atoms with Gasteiger partial charge in [-0.2, -0.15) is 5.10 Å². The van der Waals surface area contributed by atoms with E-state index >= 15 is 0 Å². The van der Waals surface area contributed by atoms with E-state index in [0.29, 0.717) is 38.6 Å². The van der Waals surface area contributed by atoms with Crippen molar-refractivity contribution in [1.29, 1.82) is 0 Å². The molecule has 0 bridgehead atoms. The number of hydrogen-bond donors (Lipinski definition) is 0. The molecule has 0 aliphatic carbocycles. The fraction of sp³-hybridized carbons (Fsp3) is 0.500. The first-order valence-corrected chi connectivity index (χ1v) is 9.56. The van der Waals surface area contributed by atoms with Crippen molar-refractivity contribution in [1.82, 2.24) is 19.6 Å². The average Bonchev–Trinajstić information content (AvgIpc) is 3.16. The Morgan fingerprint density at radius 2 is 1.96 bits per heavy atom. The van der Waals surface area contributed by atoms with Crippen LogP contribution in [0.5, 0.6) is 5.75 Å². The van der Waals surface area contributed by atoms with Crippen LogP contribution in [0.25, 0.3) is 0 Å². The van der Waals surface area contributed by atoms with E-state index in [2.05, 4.69) is 16.9 Å². The van der Waals surface area contributed by atoms with Gasteiger partial charge in [0.1, 0.15) is 12.4 Å². The minimum atomic E-state index is 0.00668. The maximum Gasteiger partial charge on any atom is 0.274 e. The fourth-order valence-corrected chi connectivity index (χ4v) is 3.53. The second kappa shape index (κ2) is 8.10. The van der Waals surface area contributed by atoms with Crippen molar-refractivity contribution in [3.8, 4) is 5.75 Å². The van der Waals surface area contributed by atoms with Gasteiger partial charge in [0.05, 0.1) is 25.5 Å². The Balaban J connectivity index is 1.36. The first-order chi connectivity index (χ1) is 13.2. The first-order valence-electron chi connectivity index (χ1n) is 9.56. The lowest BCUT2D eigenvalue weighted by atomic mass is 10.2. The first kappa shape index (κ1) is 18.0. The number of para-hydroxylation sites is 1. The van der Waals surface area contributed by atoms with Crippen LogP contribution < -0.4 is 4.74 Å². The second-order valence-electron chi connectivity index (χ2n) is 7.09. The Kier molecular flexibility index (Phi) is 5.40. The molecule has 3 heterocycles. The van der Waals surface area contributed by atoms with Crippen LogP contribution in [0.15, 0.2) is 36.4 Å². The summed E-state index contributed by atoms with van der Waals surface area (Å²) in [5, 5.41) is 4.54. The molecule has 1 amide bonds. The second-order valence-corrected chi connectivity index (χ2v) is 7.09. The third kappa shape index (κ3) is 4.14. The summed E-state index contributed by atoms with van der Waals surface area (Å²) in [6.45, 7) is 7.77. The number of aromatic nitrogens is 2. The highest BCUT2D eigenvalue weighted by Gasteiger charge is 2.26. The van der Waals surface area contributed by atoms with Crippen LogP contribution >= 0.6 is 0 Å². The lowest BCUT2D eigenvalue weighted by molar-refractivity contribution is 0.0298. The van der Waals surface area contributed by atoms with Gasteiger partial charge in [-0.15, -0.1) is 0 Å². The van der Waals surface area contributed by atoms with Crippen LogP contribution in [0.2, 0.25) is 0 Å². The molecule has 144 valence electrons. The summed E-state index contributed by atoms with van der Waals surface area (Å²) in [4.78, 5) is 16.9. The van der Waals surface area contributed by atoms with Gasteiger partial charge in [0.15, 0.2) is 5.69 Å². The van der Waals surface area contributed by atoms with Crippen molar-refractivity contribution in [2.45, 2.75) is 26.1 Å². The number of rotatable bonds is 5. The minimum absolute atomic E-state index is 0.00668. The summed E-state index contributed by atoms with van der Waals surface area (Å²) < 4.78 is 13.2. The van der Waals surface area contributed by atoms with E-state index in [1.165, 1.54) is 0 Å². The summed E-state index contributed by atoms with van der Waals surface area (Å²) in [5.41, 5.74) is 1.63. The molecule has 1 aromatic carbocycles. The fourth-order valence-electron chi connectivity index (χ4n) is 3.53. The van der Waals surface area contributed by atoms with Gasteiger partial charge < -0.3 is 14.4 Å². The molecule has 7 heteroatoms. The van der Waals surface area contributed by atoms with Gasteiger partial charge in [0.25, 0.3) is 5.91 Å². The van der Waals surface area contributed by atoms with Crippen molar-refractivity contribution in [3.05, 3.63) is 47.8 Å². The maximum atomic E-state index is 12.7. The van der Waals surface area contributed by atoms with Crippen molar-refractivity contribution < 1.29 is 14.3 Å². The van der Waals surface area contributed by atoms with Crippen LogP contribution in [-0.2, 0) is 17.8 Å². The monoisotopic (exact) mass is 370 g/mol. The third-order valence-electron chi connectivity index (χ3n) is 5.20. The number of carbonyl (C=O) groups is 1. The lowest BCUT2D eigenvalue weighted by Gasteiger charge is -2.32. The van der Waals surface area contributed by atoms with Gasteiger partial charge in [0, 0.05) is 32.2 Å².